The van der Waals surface area contributed by atoms with Gasteiger partial charge in [0, 0.05) is 30.4 Å². The van der Waals surface area contributed by atoms with Crippen molar-refractivity contribution in [2.45, 2.75) is 12.3 Å². The van der Waals surface area contributed by atoms with Crippen molar-refractivity contribution in [1.29, 1.82) is 0 Å². The van der Waals surface area contributed by atoms with Gasteiger partial charge in [-0.25, -0.2) is 0 Å². The molecule has 0 spiro atoms. The lowest BCUT2D eigenvalue weighted by Crippen LogP contribution is -2.14. The molecule has 94 valence electrons. The SMILES string of the molecule is O=C(CC1C=Cc2ccccc21)Nc1ccncc1. The van der Waals surface area contributed by atoms with Crippen LogP contribution >= 0.6 is 0 Å². The highest BCUT2D eigenvalue weighted by atomic mass is 16.1. The second kappa shape index (κ2) is 5.06. The molecule has 2 aromatic rings. The summed E-state index contributed by atoms with van der Waals surface area (Å²) in [5.41, 5.74) is 3.23. The molecule has 0 aliphatic heterocycles. The fourth-order valence-corrected chi connectivity index (χ4v) is 2.35. The van der Waals surface area contributed by atoms with E-state index in [0.717, 1.165) is 5.69 Å². The van der Waals surface area contributed by atoms with Gasteiger partial charge in [0.05, 0.1) is 0 Å². The van der Waals surface area contributed by atoms with Gasteiger partial charge in [-0.2, -0.15) is 0 Å². The molecule has 1 aliphatic rings. The van der Waals surface area contributed by atoms with Gasteiger partial charge in [-0.1, -0.05) is 36.4 Å². The lowest BCUT2D eigenvalue weighted by molar-refractivity contribution is -0.116. The standard InChI is InChI=1S/C16H14N2O/c19-16(18-14-7-9-17-10-8-14)11-13-6-5-12-3-1-2-4-15(12)13/h1-10,13H,11H2,(H,17,18,19). The molecule has 1 N–H and O–H groups in total. The van der Waals surface area contributed by atoms with E-state index >= 15 is 0 Å². The number of carbonyl (C=O) groups excluding carboxylic acids is 1. The normalized spacial score (nSPS) is 16.1. The number of hydrogen-bond donors (Lipinski definition) is 1. The van der Waals surface area contributed by atoms with Gasteiger partial charge < -0.3 is 5.32 Å². The van der Waals surface area contributed by atoms with Crippen molar-refractivity contribution in [3.05, 3.63) is 66.0 Å². The Balaban J connectivity index is 1.67. The molecular weight excluding hydrogens is 236 g/mol. The summed E-state index contributed by atoms with van der Waals surface area (Å²) in [5.74, 6) is 0.204. The molecule has 3 nitrogen and oxygen atoms in total. The Bertz CT molecular complexity index is 620. The molecule has 1 heterocycles. The fraction of sp³-hybridized carbons (Fsp3) is 0.125. The Hall–Kier alpha value is -2.42. The van der Waals surface area contributed by atoms with Crippen LogP contribution in [0.25, 0.3) is 6.08 Å². The highest BCUT2D eigenvalue weighted by Gasteiger charge is 2.19. The minimum absolute atomic E-state index is 0.0255. The van der Waals surface area contributed by atoms with Gasteiger partial charge in [-0.3, -0.25) is 9.78 Å². The summed E-state index contributed by atoms with van der Waals surface area (Å²) in [6, 6.07) is 11.8. The first-order valence-electron chi connectivity index (χ1n) is 6.30. The Labute approximate surface area is 112 Å². The van der Waals surface area contributed by atoms with Crippen LogP contribution in [0.2, 0.25) is 0 Å². The third-order valence-corrected chi connectivity index (χ3v) is 3.27. The number of amides is 1. The minimum Gasteiger partial charge on any atom is -0.326 e. The molecule has 0 bridgehead atoms. The monoisotopic (exact) mass is 250 g/mol. The zero-order chi connectivity index (χ0) is 13.1. The minimum atomic E-state index is 0.0255. The first kappa shape index (κ1) is 11.7. The van der Waals surface area contributed by atoms with Gasteiger partial charge in [0.25, 0.3) is 0 Å². The highest BCUT2D eigenvalue weighted by molar-refractivity contribution is 5.91. The predicted molar refractivity (Wildman–Crippen MR) is 75.7 cm³/mol. The lowest BCUT2D eigenvalue weighted by atomic mass is 9.97. The van der Waals surface area contributed by atoms with Crippen molar-refractivity contribution in [3.8, 4) is 0 Å². The van der Waals surface area contributed by atoms with Gasteiger partial charge >= 0.3 is 0 Å². The Morgan fingerprint density at radius 2 is 1.95 bits per heavy atom. The van der Waals surface area contributed by atoms with Crippen LogP contribution in [-0.4, -0.2) is 10.9 Å². The Morgan fingerprint density at radius 3 is 2.79 bits per heavy atom. The first-order chi connectivity index (χ1) is 9.33. The van der Waals surface area contributed by atoms with Gasteiger partial charge in [-0.05, 0) is 23.3 Å². The van der Waals surface area contributed by atoms with Crippen LogP contribution in [0.5, 0.6) is 0 Å². The highest BCUT2D eigenvalue weighted by Crippen LogP contribution is 2.32. The van der Waals surface area contributed by atoms with Crippen LogP contribution in [-0.2, 0) is 4.79 Å². The molecule has 0 saturated heterocycles. The summed E-state index contributed by atoms with van der Waals surface area (Å²) in [7, 11) is 0. The van der Waals surface area contributed by atoms with Gasteiger partial charge in [0.1, 0.15) is 0 Å². The largest absolute Gasteiger partial charge is 0.326 e. The smallest absolute Gasteiger partial charge is 0.225 e. The molecule has 1 atom stereocenters. The van der Waals surface area contributed by atoms with Crippen LogP contribution in [0.15, 0.2) is 54.9 Å². The number of rotatable bonds is 3. The molecule has 19 heavy (non-hydrogen) atoms. The molecule has 1 aromatic heterocycles. The molecule has 0 fully saturated rings. The van der Waals surface area contributed by atoms with E-state index in [1.165, 1.54) is 11.1 Å². The second-order valence-corrected chi connectivity index (χ2v) is 4.58. The molecule has 1 amide bonds. The number of carbonyl (C=O) groups is 1. The maximum Gasteiger partial charge on any atom is 0.225 e. The molecular formula is C16H14N2O. The van der Waals surface area contributed by atoms with Gasteiger partial charge in [0.2, 0.25) is 5.91 Å². The van der Waals surface area contributed by atoms with E-state index < -0.39 is 0 Å². The third-order valence-electron chi connectivity index (χ3n) is 3.27. The van der Waals surface area contributed by atoms with Crippen LogP contribution < -0.4 is 5.32 Å². The van der Waals surface area contributed by atoms with Gasteiger partial charge in [-0.15, -0.1) is 0 Å². The number of nitrogens with zero attached hydrogens (tertiary/aromatic N) is 1. The van der Waals surface area contributed by atoms with E-state index in [1.54, 1.807) is 24.5 Å². The molecule has 0 radical (unpaired) electrons. The molecule has 3 heteroatoms. The molecule has 1 unspecified atom stereocenters. The van der Waals surface area contributed by atoms with E-state index in [1.807, 2.05) is 12.1 Å². The van der Waals surface area contributed by atoms with Crippen molar-refractivity contribution in [2.75, 3.05) is 5.32 Å². The number of anilines is 1. The second-order valence-electron chi connectivity index (χ2n) is 4.58. The Morgan fingerprint density at radius 1 is 1.16 bits per heavy atom. The van der Waals surface area contributed by atoms with E-state index in [9.17, 15) is 4.79 Å². The van der Waals surface area contributed by atoms with Crippen LogP contribution in [0, 0.1) is 0 Å². The summed E-state index contributed by atoms with van der Waals surface area (Å²) in [6.07, 6.45) is 7.98. The molecule has 1 aliphatic carbocycles. The summed E-state index contributed by atoms with van der Waals surface area (Å²) < 4.78 is 0. The summed E-state index contributed by atoms with van der Waals surface area (Å²) in [6.45, 7) is 0. The summed E-state index contributed by atoms with van der Waals surface area (Å²) >= 11 is 0. The lowest BCUT2D eigenvalue weighted by Gasteiger charge is -2.11. The predicted octanol–water partition coefficient (Wildman–Crippen LogP) is 3.22. The van der Waals surface area contributed by atoms with Crippen LogP contribution in [0.3, 0.4) is 0 Å². The first-order valence-corrected chi connectivity index (χ1v) is 6.30. The van der Waals surface area contributed by atoms with E-state index in [2.05, 4.69) is 34.6 Å². The maximum atomic E-state index is 12.0. The average Bonchev–Trinajstić information content (AvgIpc) is 2.83. The van der Waals surface area contributed by atoms with Crippen LogP contribution in [0.4, 0.5) is 5.69 Å². The zero-order valence-corrected chi connectivity index (χ0v) is 10.4. The third kappa shape index (κ3) is 2.55. The number of pyridine rings is 1. The van der Waals surface area contributed by atoms with Crippen molar-refractivity contribution in [3.63, 3.8) is 0 Å². The molecule has 3 rings (SSSR count). The number of nitrogens with one attached hydrogen (secondary N) is 1. The number of allylic oxidation sites excluding steroid dienone is 1. The molecule has 0 saturated carbocycles. The van der Waals surface area contributed by atoms with Crippen molar-refractivity contribution in [1.82, 2.24) is 4.98 Å². The summed E-state index contributed by atoms with van der Waals surface area (Å²) in [4.78, 5) is 15.9. The number of hydrogen-bond acceptors (Lipinski definition) is 2. The zero-order valence-electron chi connectivity index (χ0n) is 10.4. The maximum absolute atomic E-state index is 12.0. The Kier molecular flexibility index (Phi) is 3.11. The van der Waals surface area contributed by atoms with Gasteiger partial charge in [0.15, 0.2) is 0 Å². The topological polar surface area (TPSA) is 42.0 Å². The number of fused-ring (bicyclic) bond motifs is 1. The van der Waals surface area contributed by atoms with Crippen molar-refractivity contribution < 1.29 is 4.79 Å². The van der Waals surface area contributed by atoms with Crippen molar-refractivity contribution >= 4 is 17.7 Å². The average molecular weight is 250 g/mol. The van der Waals surface area contributed by atoms with Crippen LogP contribution in [0.1, 0.15) is 23.5 Å². The van der Waals surface area contributed by atoms with Crippen molar-refractivity contribution in [2.24, 2.45) is 0 Å². The summed E-state index contributed by atoms with van der Waals surface area (Å²) in [5, 5.41) is 2.89. The number of aromatic nitrogens is 1. The molecule has 1 aromatic carbocycles. The fourth-order valence-electron chi connectivity index (χ4n) is 2.35. The number of benzene rings is 1. The van der Waals surface area contributed by atoms with E-state index in [-0.39, 0.29) is 11.8 Å². The van der Waals surface area contributed by atoms with E-state index in [0.29, 0.717) is 6.42 Å². The van der Waals surface area contributed by atoms with E-state index in [4.69, 9.17) is 0 Å². The quantitative estimate of drug-likeness (QED) is 0.908.